The van der Waals surface area contributed by atoms with Crippen LogP contribution in [0.3, 0.4) is 0 Å². The first-order valence-corrected chi connectivity index (χ1v) is 13.6. The van der Waals surface area contributed by atoms with Gasteiger partial charge in [0.25, 0.3) is 0 Å². The molecule has 1 aliphatic heterocycles. The van der Waals surface area contributed by atoms with Crippen molar-refractivity contribution in [3.63, 3.8) is 0 Å². The summed E-state index contributed by atoms with van der Waals surface area (Å²) in [5.74, 6) is 0.502. The van der Waals surface area contributed by atoms with Crippen molar-refractivity contribution in [2.75, 3.05) is 53.0 Å². The zero-order chi connectivity index (χ0) is 33.0. The molecule has 0 aromatic heterocycles. The van der Waals surface area contributed by atoms with Crippen LogP contribution in [0.4, 0.5) is 41.6 Å². The fourth-order valence-electron chi connectivity index (χ4n) is 4.94. The Morgan fingerprint density at radius 2 is 1.57 bits per heavy atom. The molecule has 2 amide bonds. The summed E-state index contributed by atoms with van der Waals surface area (Å²) in [7, 11) is 6.13. The highest BCUT2D eigenvalue weighted by Crippen LogP contribution is 2.47. The third-order valence-electron chi connectivity index (χ3n) is 6.98. The van der Waals surface area contributed by atoms with Crippen LogP contribution in [0.15, 0.2) is 30.3 Å². The number of hydrogen-bond acceptors (Lipinski definition) is 7. The molecule has 0 N–H and O–H groups in total. The highest BCUT2D eigenvalue weighted by molar-refractivity contribution is 5.91. The normalized spacial score (nSPS) is 16.8. The van der Waals surface area contributed by atoms with E-state index in [9.17, 15) is 35.9 Å². The summed E-state index contributed by atoms with van der Waals surface area (Å²) in [6, 6.07) is 2.60. The Morgan fingerprint density at radius 1 is 0.955 bits per heavy atom. The SMILES string of the molecule is CCOC(=O)N1c2cc(OCCN(C)C)c(OC)cc2C(N(Cc2cc(C(F)(F)F)cc(C(F)(F)F)c2)C(=O)OC)CC1C. The average molecular weight is 636 g/mol. The first kappa shape index (κ1) is 34.6. The van der Waals surface area contributed by atoms with Gasteiger partial charge in [-0.1, -0.05) is 0 Å². The number of anilines is 1. The molecule has 2 aromatic carbocycles. The molecule has 0 spiro atoms. The van der Waals surface area contributed by atoms with Gasteiger partial charge in [0.15, 0.2) is 11.5 Å². The van der Waals surface area contributed by atoms with Gasteiger partial charge in [-0.05, 0) is 64.2 Å². The van der Waals surface area contributed by atoms with Crippen LogP contribution in [0.5, 0.6) is 11.5 Å². The Morgan fingerprint density at radius 3 is 2.07 bits per heavy atom. The molecule has 0 radical (unpaired) electrons. The predicted molar refractivity (Wildman–Crippen MR) is 148 cm³/mol. The quantitative estimate of drug-likeness (QED) is 0.283. The molecule has 1 heterocycles. The summed E-state index contributed by atoms with van der Waals surface area (Å²) in [6.07, 6.45) is -11.8. The number of halogens is 6. The minimum atomic E-state index is -5.07. The van der Waals surface area contributed by atoms with Crippen LogP contribution in [-0.4, -0.2) is 76.1 Å². The van der Waals surface area contributed by atoms with E-state index in [-0.39, 0.29) is 42.9 Å². The maximum Gasteiger partial charge on any atom is 0.416 e. The van der Waals surface area contributed by atoms with Crippen molar-refractivity contribution < 1.29 is 54.9 Å². The molecular formula is C29H35F6N3O6. The number of hydrogen-bond donors (Lipinski definition) is 0. The molecule has 1 aliphatic rings. The third kappa shape index (κ3) is 7.98. The summed E-state index contributed by atoms with van der Waals surface area (Å²) in [4.78, 5) is 30.5. The lowest BCUT2D eigenvalue weighted by Crippen LogP contribution is -2.47. The summed E-state index contributed by atoms with van der Waals surface area (Å²) < 4.78 is 103. The fourth-order valence-corrected chi connectivity index (χ4v) is 4.94. The minimum absolute atomic E-state index is 0.0177. The number of carbonyl (C=O) groups excluding carboxylic acids is 2. The maximum atomic E-state index is 13.6. The average Bonchev–Trinajstić information content (AvgIpc) is 2.93. The number of rotatable bonds is 9. The lowest BCUT2D eigenvalue weighted by atomic mass is 9.90. The molecule has 15 heteroatoms. The maximum absolute atomic E-state index is 13.6. The Labute approximate surface area is 251 Å². The number of carbonyl (C=O) groups is 2. The lowest BCUT2D eigenvalue weighted by molar-refractivity contribution is -0.143. The number of amides is 2. The Kier molecular flexibility index (Phi) is 10.9. The molecule has 0 aliphatic carbocycles. The van der Waals surface area contributed by atoms with Gasteiger partial charge in [0, 0.05) is 30.8 Å². The van der Waals surface area contributed by atoms with E-state index in [1.807, 2.05) is 19.0 Å². The van der Waals surface area contributed by atoms with Gasteiger partial charge in [0.2, 0.25) is 0 Å². The molecule has 44 heavy (non-hydrogen) atoms. The van der Waals surface area contributed by atoms with Crippen LogP contribution >= 0.6 is 0 Å². The van der Waals surface area contributed by atoms with E-state index < -0.39 is 59.9 Å². The zero-order valence-corrected chi connectivity index (χ0v) is 25.1. The second kappa shape index (κ2) is 13.8. The molecule has 244 valence electrons. The van der Waals surface area contributed by atoms with Gasteiger partial charge in [-0.3, -0.25) is 9.80 Å². The van der Waals surface area contributed by atoms with E-state index in [4.69, 9.17) is 18.9 Å². The number of likely N-dealkylation sites (N-methyl/N-ethyl adjacent to an activating group) is 1. The summed E-state index contributed by atoms with van der Waals surface area (Å²) in [5, 5.41) is 0. The monoisotopic (exact) mass is 635 g/mol. The van der Waals surface area contributed by atoms with Gasteiger partial charge in [0.05, 0.1) is 43.7 Å². The highest BCUT2D eigenvalue weighted by Gasteiger charge is 2.42. The number of alkyl halides is 6. The number of methoxy groups -OCH3 is 2. The van der Waals surface area contributed by atoms with Crippen molar-refractivity contribution >= 4 is 17.9 Å². The Hall–Kier alpha value is -3.88. The van der Waals surface area contributed by atoms with E-state index in [1.54, 1.807) is 13.8 Å². The van der Waals surface area contributed by atoms with Crippen molar-refractivity contribution in [2.24, 2.45) is 0 Å². The van der Waals surface area contributed by atoms with Crippen LogP contribution in [0, 0.1) is 0 Å². The summed E-state index contributed by atoms with van der Waals surface area (Å²) in [6.45, 7) is 3.50. The summed E-state index contributed by atoms with van der Waals surface area (Å²) >= 11 is 0. The number of nitrogens with zero attached hydrogens (tertiary/aromatic N) is 3. The molecule has 2 unspecified atom stereocenters. The van der Waals surface area contributed by atoms with E-state index in [0.29, 0.717) is 24.2 Å². The Bertz CT molecular complexity index is 1300. The molecule has 2 aromatic rings. The van der Waals surface area contributed by atoms with E-state index in [0.717, 1.165) is 12.0 Å². The molecular weight excluding hydrogens is 600 g/mol. The van der Waals surface area contributed by atoms with Crippen molar-refractivity contribution in [2.45, 2.75) is 51.2 Å². The lowest BCUT2D eigenvalue weighted by Gasteiger charge is -2.42. The second-order valence-electron chi connectivity index (χ2n) is 10.4. The van der Waals surface area contributed by atoms with Crippen LogP contribution in [-0.2, 0) is 28.4 Å². The molecule has 3 rings (SSSR count). The van der Waals surface area contributed by atoms with Crippen LogP contribution in [0.1, 0.15) is 48.6 Å². The number of ether oxygens (including phenoxy) is 4. The van der Waals surface area contributed by atoms with Crippen LogP contribution in [0.2, 0.25) is 0 Å². The fraction of sp³-hybridized carbons (Fsp3) is 0.517. The van der Waals surface area contributed by atoms with Crippen LogP contribution < -0.4 is 14.4 Å². The first-order chi connectivity index (χ1) is 20.5. The minimum Gasteiger partial charge on any atom is -0.493 e. The van der Waals surface area contributed by atoms with Gasteiger partial charge in [0.1, 0.15) is 6.61 Å². The van der Waals surface area contributed by atoms with Gasteiger partial charge >= 0.3 is 24.5 Å². The molecule has 9 nitrogen and oxygen atoms in total. The number of fused-ring (bicyclic) bond motifs is 1. The van der Waals surface area contributed by atoms with Gasteiger partial charge in [-0.2, -0.15) is 26.3 Å². The first-order valence-electron chi connectivity index (χ1n) is 13.6. The van der Waals surface area contributed by atoms with E-state index >= 15 is 0 Å². The standard InChI is InChI=1S/C29H35F6N3O6/c1-7-43-27(40)38-17(2)10-22(21-14-24(41-5)25(15-23(21)38)44-9-8-36(3)4)37(26(39)42-6)16-18-11-19(28(30,31)32)13-20(12-18)29(33,34)35/h11-15,17,22H,7-10,16H2,1-6H3. The molecule has 0 saturated heterocycles. The predicted octanol–water partition coefficient (Wildman–Crippen LogP) is 6.74. The molecule has 0 fully saturated rings. The molecule has 2 atom stereocenters. The molecule has 0 saturated carbocycles. The van der Waals surface area contributed by atoms with E-state index in [1.165, 1.54) is 24.1 Å². The van der Waals surface area contributed by atoms with E-state index in [2.05, 4.69) is 0 Å². The zero-order valence-electron chi connectivity index (χ0n) is 25.1. The third-order valence-corrected chi connectivity index (χ3v) is 6.98. The van der Waals surface area contributed by atoms with Gasteiger partial charge < -0.3 is 23.8 Å². The largest absolute Gasteiger partial charge is 0.493 e. The topological polar surface area (TPSA) is 80.8 Å². The van der Waals surface area contributed by atoms with Gasteiger partial charge in [-0.15, -0.1) is 0 Å². The van der Waals surface area contributed by atoms with Crippen molar-refractivity contribution in [1.29, 1.82) is 0 Å². The Balaban J connectivity index is 2.19. The highest BCUT2D eigenvalue weighted by atomic mass is 19.4. The van der Waals surface area contributed by atoms with Crippen molar-refractivity contribution in [3.05, 3.63) is 52.6 Å². The summed E-state index contributed by atoms with van der Waals surface area (Å²) in [5.41, 5.74) is -2.86. The smallest absolute Gasteiger partial charge is 0.416 e. The molecule has 0 bridgehead atoms. The van der Waals surface area contributed by atoms with Crippen LogP contribution in [0.25, 0.3) is 0 Å². The van der Waals surface area contributed by atoms with Crippen molar-refractivity contribution in [1.82, 2.24) is 9.80 Å². The second-order valence-corrected chi connectivity index (χ2v) is 10.4. The van der Waals surface area contributed by atoms with Gasteiger partial charge in [-0.25, -0.2) is 9.59 Å². The number of benzene rings is 2. The van der Waals surface area contributed by atoms with Crippen molar-refractivity contribution in [3.8, 4) is 11.5 Å².